The number of carbonyl (C=O) groups is 2. The molecule has 0 aliphatic carbocycles. The summed E-state index contributed by atoms with van der Waals surface area (Å²) in [6.45, 7) is 6.08. The van der Waals surface area contributed by atoms with Crippen LogP contribution in [0.1, 0.15) is 47.2 Å². The summed E-state index contributed by atoms with van der Waals surface area (Å²) in [5, 5.41) is 1.80. The van der Waals surface area contributed by atoms with Crippen molar-refractivity contribution in [2.75, 3.05) is 0 Å². The number of fused-ring (bicyclic) bond motifs is 1. The van der Waals surface area contributed by atoms with E-state index in [2.05, 4.69) is 15.8 Å². The van der Waals surface area contributed by atoms with Crippen LogP contribution in [0.4, 0.5) is 0 Å². The van der Waals surface area contributed by atoms with Gasteiger partial charge in [-0.05, 0) is 29.0 Å². The van der Waals surface area contributed by atoms with Crippen molar-refractivity contribution in [3.05, 3.63) is 77.6 Å². The summed E-state index contributed by atoms with van der Waals surface area (Å²) in [6, 6.07) is 16.5. The third-order valence-corrected chi connectivity index (χ3v) is 4.11. The zero-order valence-electron chi connectivity index (χ0n) is 15.0. The van der Waals surface area contributed by atoms with E-state index in [9.17, 15) is 9.59 Å². The minimum atomic E-state index is -0.383. The predicted octanol–water partition coefficient (Wildman–Crippen LogP) is 3.61. The lowest BCUT2D eigenvalue weighted by Crippen LogP contribution is -2.41. The van der Waals surface area contributed by atoms with Gasteiger partial charge in [-0.2, -0.15) is 0 Å². The third-order valence-electron chi connectivity index (χ3n) is 4.11. The Morgan fingerprint density at radius 2 is 1.58 bits per heavy atom. The van der Waals surface area contributed by atoms with E-state index in [0.29, 0.717) is 11.1 Å². The Bertz CT molecular complexity index is 969. The standard InChI is InChI=1S/C21H21N3O2/c1-21(2,3)18-13-15(11-12-22-18)19(25)23-24-20(26)17-10-6-8-14-7-4-5-9-16(14)17/h4-13H,1-3H3,(H,23,25)(H,24,26). The van der Waals surface area contributed by atoms with E-state index in [0.717, 1.165) is 16.5 Å². The molecule has 0 atom stereocenters. The Labute approximate surface area is 152 Å². The highest BCUT2D eigenvalue weighted by Crippen LogP contribution is 2.20. The number of carbonyl (C=O) groups excluding carboxylic acids is 2. The fourth-order valence-electron chi connectivity index (χ4n) is 2.66. The average molecular weight is 347 g/mol. The number of aromatic nitrogens is 1. The van der Waals surface area contributed by atoms with Crippen LogP contribution in [-0.4, -0.2) is 16.8 Å². The number of rotatable bonds is 2. The van der Waals surface area contributed by atoms with E-state index < -0.39 is 0 Å². The quantitative estimate of drug-likeness (QED) is 0.696. The largest absolute Gasteiger partial charge is 0.270 e. The monoisotopic (exact) mass is 347 g/mol. The van der Waals surface area contributed by atoms with Crippen LogP contribution in [-0.2, 0) is 5.41 Å². The van der Waals surface area contributed by atoms with Crippen LogP contribution < -0.4 is 10.9 Å². The molecule has 1 aromatic heterocycles. The summed E-state index contributed by atoms with van der Waals surface area (Å²) < 4.78 is 0. The first-order valence-electron chi connectivity index (χ1n) is 8.41. The van der Waals surface area contributed by atoms with Crippen molar-refractivity contribution in [1.82, 2.24) is 15.8 Å². The summed E-state index contributed by atoms with van der Waals surface area (Å²) in [6.07, 6.45) is 1.60. The summed E-state index contributed by atoms with van der Waals surface area (Å²) in [7, 11) is 0. The van der Waals surface area contributed by atoms with Crippen LogP contribution in [0.5, 0.6) is 0 Å². The molecule has 0 saturated heterocycles. The molecule has 0 fully saturated rings. The minimum absolute atomic E-state index is 0.164. The normalized spacial score (nSPS) is 11.2. The van der Waals surface area contributed by atoms with Crippen LogP contribution in [0, 0.1) is 0 Å². The maximum absolute atomic E-state index is 12.5. The molecule has 0 saturated carbocycles. The molecule has 132 valence electrons. The number of hydrogen-bond acceptors (Lipinski definition) is 3. The van der Waals surface area contributed by atoms with Crippen molar-refractivity contribution >= 4 is 22.6 Å². The molecule has 3 aromatic rings. The van der Waals surface area contributed by atoms with Crippen molar-refractivity contribution < 1.29 is 9.59 Å². The second-order valence-electron chi connectivity index (χ2n) is 7.11. The molecule has 0 aliphatic heterocycles. The Morgan fingerprint density at radius 1 is 0.885 bits per heavy atom. The van der Waals surface area contributed by atoms with Gasteiger partial charge < -0.3 is 0 Å². The number of hydrazine groups is 1. The molecule has 2 aromatic carbocycles. The number of nitrogens with zero attached hydrogens (tertiary/aromatic N) is 1. The van der Waals surface area contributed by atoms with E-state index in [1.165, 1.54) is 0 Å². The number of nitrogens with one attached hydrogen (secondary N) is 2. The van der Waals surface area contributed by atoms with E-state index >= 15 is 0 Å². The van der Waals surface area contributed by atoms with Crippen molar-refractivity contribution in [1.29, 1.82) is 0 Å². The topological polar surface area (TPSA) is 71.1 Å². The molecular formula is C21H21N3O2. The maximum atomic E-state index is 12.5. The molecule has 5 nitrogen and oxygen atoms in total. The average Bonchev–Trinajstić information content (AvgIpc) is 2.64. The van der Waals surface area contributed by atoms with Gasteiger partial charge in [0, 0.05) is 28.4 Å². The van der Waals surface area contributed by atoms with Crippen LogP contribution in [0.15, 0.2) is 60.8 Å². The Morgan fingerprint density at radius 3 is 2.35 bits per heavy atom. The van der Waals surface area contributed by atoms with E-state index in [4.69, 9.17) is 0 Å². The van der Waals surface area contributed by atoms with Crippen LogP contribution >= 0.6 is 0 Å². The van der Waals surface area contributed by atoms with Crippen LogP contribution in [0.3, 0.4) is 0 Å². The molecule has 0 unspecified atom stereocenters. The molecule has 3 rings (SSSR count). The number of amides is 2. The minimum Gasteiger partial charge on any atom is -0.267 e. The fourth-order valence-corrected chi connectivity index (χ4v) is 2.66. The van der Waals surface area contributed by atoms with Crippen LogP contribution in [0.2, 0.25) is 0 Å². The fraction of sp³-hybridized carbons (Fsp3) is 0.190. The van der Waals surface area contributed by atoms with E-state index in [1.807, 2.05) is 57.2 Å². The highest BCUT2D eigenvalue weighted by molar-refractivity contribution is 6.08. The molecule has 1 heterocycles. The molecule has 0 radical (unpaired) electrons. The summed E-state index contributed by atoms with van der Waals surface area (Å²) in [4.78, 5) is 29.2. The second kappa shape index (κ2) is 6.96. The predicted molar refractivity (Wildman–Crippen MR) is 102 cm³/mol. The van der Waals surface area contributed by atoms with Gasteiger partial charge in [0.15, 0.2) is 0 Å². The maximum Gasteiger partial charge on any atom is 0.270 e. The van der Waals surface area contributed by atoms with Gasteiger partial charge in [0.2, 0.25) is 0 Å². The van der Waals surface area contributed by atoms with Gasteiger partial charge in [-0.1, -0.05) is 57.2 Å². The molecule has 26 heavy (non-hydrogen) atoms. The van der Waals surface area contributed by atoms with E-state index in [1.54, 1.807) is 24.4 Å². The first-order chi connectivity index (χ1) is 12.4. The highest BCUT2D eigenvalue weighted by atomic mass is 16.2. The van der Waals surface area contributed by atoms with Crippen molar-refractivity contribution in [3.63, 3.8) is 0 Å². The number of hydrogen-bond donors (Lipinski definition) is 2. The lowest BCUT2D eigenvalue weighted by molar-refractivity contribution is 0.0847. The molecule has 2 amide bonds. The first kappa shape index (κ1) is 17.6. The number of pyridine rings is 1. The SMILES string of the molecule is CC(C)(C)c1cc(C(=O)NNC(=O)c2cccc3ccccc23)ccn1. The van der Waals surface area contributed by atoms with Gasteiger partial charge in [-0.25, -0.2) is 0 Å². The second-order valence-corrected chi connectivity index (χ2v) is 7.11. The van der Waals surface area contributed by atoms with Crippen LogP contribution in [0.25, 0.3) is 10.8 Å². The van der Waals surface area contributed by atoms with Gasteiger partial charge in [-0.3, -0.25) is 25.4 Å². The molecule has 2 N–H and O–H groups in total. The molecule has 5 heteroatoms. The third kappa shape index (κ3) is 3.72. The molecular weight excluding hydrogens is 326 g/mol. The zero-order chi connectivity index (χ0) is 18.7. The lowest BCUT2D eigenvalue weighted by atomic mass is 9.91. The summed E-state index contributed by atoms with van der Waals surface area (Å²) >= 11 is 0. The van der Waals surface area contributed by atoms with Gasteiger partial charge >= 0.3 is 0 Å². The Hall–Kier alpha value is -3.21. The summed E-state index contributed by atoms with van der Waals surface area (Å²) in [5.41, 5.74) is 6.56. The van der Waals surface area contributed by atoms with Crippen molar-refractivity contribution in [2.45, 2.75) is 26.2 Å². The summed E-state index contributed by atoms with van der Waals surface area (Å²) in [5.74, 6) is -0.744. The van der Waals surface area contributed by atoms with Gasteiger partial charge in [-0.15, -0.1) is 0 Å². The molecule has 0 spiro atoms. The van der Waals surface area contributed by atoms with Gasteiger partial charge in [0.05, 0.1) is 0 Å². The van der Waals surface area contributed by atoms with Crippen molar-refractivity contribution in [2.24, 2.45) is 0 Å². The van der Waals surface area contributed by atoms with Gasteiger partial charge in [0.25, 0.3) is 11.8 Å². The number of benzene rings is 2. The smallest absolute Gasteiger partial charge is 0.267 e. The van der Waals surface area contributed by atoms with E-state index in [-0.39, 0.29) is 17.2 Å². The van der Waals surface area contributed by atoms with Crippen molar-refractivity contribution in [3.8, 4) is 0 Å². The highest BCUT2D eigenvalue weighted by Gasteiger charge is 2.18. The Balaban J connectivity index is 1.74. The molecule has 0 aliphatic rings. The zero-order valence-corrected chi connectivity index (χ0v) is 15.0. The first-order valence-corrected chi connectivity index (χ1v) is 8.41. The molecule has 0 bridgehead atoms. The lowest BCUT2D eigenvalue weighted by Gasteiger charge is -2.18. The van der Waals surface area contributed by atoms with Gasteiger partial charge in [0.1, 0.15) is 0 Å². The Kier molecular flexibility index (Phi) is 4.71.